The topological polar surface area (TPSA) is 87.7 Å². The van der Waals surface area contributed by atoms with Crippen LogP contribution in [-0.4, -0.2) is 56.0 Å². The monoisotopic (exact) mass is 333 g/mol. The van der Waals surface area contributed by atoms with Crippen molar-refractivity contribution in [1.82, 2.24) is 10.2 Å². The van der Waals surface area contributed by atoms with Crippen molar-refractivity contribution in [2.45, 2.75) is 25.4 Å². The molecule has 0 unspecified atom stereocenters. The predicted molar refractivity (Wildman–Crippen MR) is 89.7 cm³/mol. The summed E-state index contributed by atoms with van der Waals surface area (Å²) in [4.78, 5) is 37.1. The average molecular weight is 333 g/mol. The van der Waals surface area contributed by atoms with E-state index in [1.165, 1.54) is 4.90 Å². The molecule has 24 heavy (non-hydrogen) atoms. The molecule has 0 aliphatic carbocycles. The Morgan fingerprint density at radius 3 is 2.75 bits per heavy atom. The lowest BCUT2D eigenvalue weighted by Gasteiger charge is -2.12. The normalized spacial score (nSPS) is 16.5. The first-order valence-corrected chi connectivity index (χ1v) is 7.98. The van der Waals surface area contributed by atoms with E-state index in [4.69, 9.17) is 4.74 Å². The minimum absolute atomic E-state index is 0.0483. The number of carbonyl (C=O) groups is 3. The molecular formula is C17H23N3O4. The van der Waals surface area contributed by atoms with Gasteiger partial charge >= 0.3 is 0 Å². The standard InChI is InChI=1S/C17H23N3O4/c1-20(2)15(21)8-9-18-16(22)12-5-3-6-13(11-12)19-17(23)14-7-4-10-24-14/h3,5-6,11,14H,4,7-10H2,1-2H3,(H,18,22)(H,19,23)/t14-/m0/s1. The number of rotatable bonds is 6. The number of hydrogen-bond acceptors (Lipinski definition) is 4. The van der Waals surface area contributed by atoms with Crippen molar-refractivity contribution < 1.29 is 19.1 Å². The first-order chi connectivity index (χ1) is 11.5. The Bertz CT molecular complexity index is 610. The molecule has 1 saturated heterocycles. The van der Waals surface area contributed by atoms with Gasteiger partial charge in [0, 0.05) is 44.9 Å². The van der Waals surface area contributed by atoms with E-state index in [0.717, 1.165) is 6.42 Å². The van der Waals surface area contributed by atoms with E-state index in [2.05, 4.69) is 10.6 Å². The molecule has 1 aliphatic rings. The van der Waals surface area contributed by atoms with Crippen LogP contribution in [0.5, 0.6) is 0 Å². The van der Waals surface area contributed by atoms with E-state index in [9.17, 15) is 14.4 Å². The molecule has 7 heteroatoms. The van der Waals surface area contributed by atoms with Crippen LogP contribution in [-0.2, 0) is 14.3 Å². The van der Waals surface area contributed by atoms with E-state index in [0.29, 0.717) is 24.3 Å². The molecule has 1 aliphatic heterocycles. The summed E-state index contributed by atoms with van der Waals surface area (Å²) in [5.74, 6) is -0.524. The van der Waals surface area contributed by atoms with Gasteiger partial charge in [-0.25, -0.2) is 0 Å². The van der Waals surface area contributed by atoms with Crippen LogP contribution < -0.4 is 10.6 Å². The smallest absolute Gasteiger partial charge is 0.253 e. The molecule has 0 aromatic heterocycles. The van der Waals surface area contributed by atoms with E-state index < -0.39 is 6.10 Å². The predicted octanol–water partition coefficient (Wildman–Crippen LogP) is 1.01. The number of amides is 3. The molecule has 1 aromatic rings. The summed E-state index contributed by atoms with van der Waals surface area (Å²) in [6.45, 7) is 0.870. The van der Waals surface area contributed by atoms with Gasteiger partial charge in [0.05, 0.1) is 0 Å². The van der Waals surface area contributed by atoms with Gasteiger partial charge in [0.1, 0.15) is 6.10 Å². The number of nitrogens with zero attached hydrogens (tertiary/aromatic N) is 1. The van der Waals surface area contributed by atoms with Crippen molar-refractivity contribution in [3.8, 4) is 0 Å². The zero-order valence-corrected chi connectivity index (χ0v) is 14.0. The molecule has 1 heterocycles. The number of benzene rings is 1. The van der Waals surface area contributed by atoms with Crippen LogP contribution in [0, 0.1) is 0 Å². The minimum Gasteiger partial charge on any atom is -0.368 e. The Labute approximate surface area is 141 Å². The average Bonchev–Trinajstić information content (AvgIpc) is 3.09. The third kappa shape index (κ3) is 5.06. The Morgan fingerprint density at radius 1 is 1.29 bits per heavy atom. The maximum Gasteiger partial charge on any atom is 0.253 e. The van der Waals surface area contributed by atoms with E-state index in [1.807, 2.05) is 0 Å². The Hall–Kier alpha value is -2.41. The quantitative estimate of drug-likeness (QED) is 0.813. The molecule has 1 fully saturated rings. The maximum atomic E-state index is 12.1. The van der Waals surface area contributed by atoms with Gasteiger partial charge in [-0.3, -0.25) is 14.4 Å². The maximum absolute atomic E-state index is 12.1. The molecule has 0 spiro atoms. The van der Waals surface area contributed by atoms with Gasteiger partial charge in [0.2, 0.25) is 5.91 Å². The van der Waals surface area contributed by atoms with Crippen LogP contribution in [0.2, 0.25) is 0 Å². The molecule has 1 aromatic carbocycles. The second kappa shape index (κ2) is 8.44. The van der Waals surface area contributed by atoms with Crippen molar-refractivity contribution >= 4 is 23.4 Å². The largest absolute Gasteiger partial charge is 0.368 e. The lowest BCUT2D eigenvalue weighted by atomic mass is 10.1. The molecule has 1 atom stereocenters. The van der Waals surface area contributed by atoms with Crippen molar-refractivity contribution in [3.63, 3.8) is 0 Å². The summed E-state index contributed by atoms with van der Waals surface area (Å²) in [7, 11) is 3.34. The van der Waals surface area contributed by atoms with Crippen LogP contribution in [0.25, 0.3) is 0 Å². The van der Waals surface area contributed by atoms with E-state index >= 15 is 0 Å². The summed E-state index contributed by atoms with van der Waals surface area (Å²) in [5, 5.41) is 5.46. The molecule has 130 valence electrons. The first-order valence-electron chi connectivity index (χ1n) is 7.98. The highest BCUT2D eigenvalue weighted by molar-refractivity contribution is 5.98. The fourth-order valence-electron chi connectivity index (χ4n) is 2.35. The second-order valence-electron chi connectivity index (χ2n) is 5.87. The van der Waals surface area contributed by atoms with Crippen molar-refractivity contribution in [1.29, 1.82) is 0 Å². The van der Waals surface area contributed by atoms with Crippen LogP contribution in [0.3, 0.4) is 0 Å². The van der Waals surface area contributed by atoms with Gasteiger partial charge in [-0.2, -0.15) is 0 Å². The number of nitrogens with one attached hydrogen (secondary N) is 2. The van der Waals surface area contributed by atoms with Crippen molar-refractivity contribution in [3.05, 3.63) is 29.8 Å². The Kier molecular flexibility index (Phi) is 6.31. The zero-order valence-electron chi connectivity index (χ0n) is 14.0. The number of hydrogen-bond donors (Lipinski definition) is 2. The second-order valence-corrected chi connectivity index (χ2v) is 5.87. The zero-order chi connectivity index (χ0) is 17.5. The van der Waals surface area contributed by atoms with Gasteiger partial charge in [-0.1, -0.05) is 6.07 Å². The molecule has 0 saturated carbocycles. The number of anilines is 1. The van der Waals surface area contributed by atoms with E-state index in [1.54, 1.807) is 38.4 Å². The molecule has 7 nitrogen and oxygen atoms in total. The van der Waals surface area contributed by atoms with Crippen LogP contribution in [0.15, 0.2) is 24.3 Å². The highest BCUT2D eigenvalue weighted by Gasteiger charge is 2.23. The van der Waals surface area contributed by atoms with Crippen LogP contribution >= 0.6 is 0 Å². The SMILES string of the molecule is CN(C)C(=O)CCNC(=O)c1cccc(NC(=O)[C@@H]2CCCO2)c1. The summed E-state index contributed by atoms with van der Waals surface area (Å²) in [6.07, 6.45) is 1.42. The summed E-state index contributed by atoms with van der Waals surface area (Å²) in [6, 6.07) is 6.69. The highest BCUT2D eigenvalue weighted by atomic mass is 16.5. The molecule has 3 amide bonds. The van der Waals surface area contributed by atoms with Gasteiger partial charge < -0.3 is 20.3 Å². The van der Waals surface area contributed by atoms with Gasteiger partial charge in [-0.15, -0.1) is 0 Å². The number of ether oxygens (including phenoxy) is 1. The lowest BCUT2D eigenvalue weighted by Crippen LogP contribution is -2.30. The van der Waals surface area contributed by atoms with Gasteiger partial charge in [0.25, 0.3) is 11.8 Å². The highest BCUT2D eigenvalue weighted by Crippen LogP contribution is 2.16. The van der Waals surface area contributed by atoms with Crippen molar-refractivity contribution in [2.24, 2.45) is 0 Å². The fraction of sp³-hybridized carbons (Fsp3) is 0.471. The van der Waals surface area contributed by atoms with Crippen molar-refractivity contribution in [2.75, 3.05) is 32.6 Å². The van der Waals surface area contributed by atoms with Gasteiger partial charge in [0.15, 0.2) is 0 Å². The lowest BCUT2D eigenvalue weighted by molar-refractivity contribution is -0.128. The van der Waals surface area contributed by atoms with Crippen LogP contribution in [0.4, 0.5) is 5.69 Å². The molecule has 0 bridgehead atoms. The Balaban J connectivity index is 1.88. The molecule has 0 radical (unpaired) electrons. The summed E-state index contributed by atoms with van der Waals surface area (Å²) in [5.41, 5.74) is 0.977. The molecular weight excluding hydrogens is 310 g/mol. The third-order valence-electron chi connectivity index (χ3n) is 3.74. The summed E-state index contributed by atoms with van der Waals surface area (Å²) < 4.78 is 5.33. The Morgan fingerprint density at radius 2 is 2.08 bits per heavy atom. The number of carbonyl (C=O) groups excluding carboxylic acids is 3. The first kappa shape index (κ1) is 17.9. The molecule has 2 N–H and O–H groups in total. The summed E-state index contributed by atoms with van der Waals surface area (Å²) >= 11 is 0. The van der Waals surface area contributed by atoms with E-state index in [-0.39, 0.29) is 30.7 Å². The minimum atomic E-state index is -0.417. The fourth-order valence-corrected chi connectivity index (χ4v) is 2.35. The molecule has 2 rings (SSSR count). The van der Waals surface area contributed by atoms with Gasteiger partial charge in [-0.05, 0) is 31.0 Å². The van der Waals surface area contributed by atoms with Crippen LogP contribution in [0.1, 0.15) is 29.6 Å². The third-order valence-corrected chi connectivity index (χ3v) is 3.74.